The number of rotatable bonds is 4. The number of piperidine rings is 1. The van der Waals surface area contributed by atoms with Gasteiger partial charge in [0.15, 0.2) is 0 Å². The summed E-state index contributed by atoms with van der Waals surface area (Å²) in [6.07, 6.45) is 2.21. The molecule has 3 rings (SSSR count). The molecule has 1 amide bonds. The molecule has 1 aromatic carbocycles. The highest BCUT2D eigenvalue weighted by Crippen LogP contribution is 2.23. The van der Waals surface area contributed by atoms with Crippen LogP contribution in [0.2, 0.25) is 0 Å². The zero-order valence-electron chi connectivity index (χ0n) is 14.8. The Bertz CT molecular complexity index is 503. The third-order valence-corrected chi connectivity index (χ3v) is 4.91. The van der Waals surface area contributed by atoms with E-state index in [0.717, 1.165) is 57.7 Å². The van der Waals surface area contributed by atoms with E-state index in [4.69, 9.17) is 0 Å². The van der Waals surface area contributed by atoms with Crippen molar-refractivity contribution >= 4 is 30.7 Å². The summed E-state index contributed by atoms with van der Waals surface area (Å²) in [4.78, 5) is 17.6. The Hall–Kier alpha value is -0.850. The molecular formula is C18H30Cl2N4O. The molecule has 2 atom stereocenters. The van der Waals surface area contributed by atoms with E-state index in [1.165, 1.54) is 0 Å². The third-order valence-electron chi connectivity index (χ3n) is 4.91. The summed E-state index contributed by atoms with van der Waals surface area (Å²) in [7, 11) is 2.14. The van der Waals surface area contributed by atoms with E-state index in [1.54, 1.807) is 0 Å². The van der Waals surface area contributed by atoms with E-state index in [1.807, 2.05) is 18.2 Å². The van der Waals surface area contributed by atoms with E-state index in [2.05, 4.69) is 39.6 Å². The van der Waals surface area contributed by atoms with Crippen LogP contribution in [0.5, 0.6) is 0 Å². The Balaban J connectivity index is 0.00000156. The van der Waals surface area contributed by atoms with Crippen molar-refractivity contribution in [1.29, 1.82) is 0 Å². The lowest BCUT2D eigenvalue weighted by atomic mass is 10.0. The molecule has 2 saturated heterocycles. The number of piperazine rings is 1. The van der Waals surface area contributed by atoms with Gasteiger partial charge in [-0.3, -0.25) is 9.69 Å². The summed E-state index contributed by atoms with van der Waals surface area (Å²) in [5.41, 5.74) is 1.10. The van der Waals surface area contributed by atoms with Gasteiger partial charge in [0.05, 0.1) is 0 Å². The van der Waals surface area contributed by atoms with Gasteiger partial charge in [-0.25, -0.2) is 0 Å². The molecule has 2 fully saturated rings. The highest BCUT2D eigenvalue weighted by Gasteiger charge is 2.31. The van der Waals surface area contributed by atoms with Crippen molar-refractivity contribution in [2.45, 2.75) is 24.9 Å². The van der Waals surface area contributed by atoms with E-state index in [0.29, 0.717) is 0 Å². The van der Waals surface area contributed by atoms with Gasteiger partial charge < -0.3 is 15.5 Å². The minimum atomic E-state index is -0.174. The molecule has 2 aliphatic heterocycles. The van der Waals surface area contributed by atoms with Gasteiger partial charge >= 0.3 is 0 Å². The van der Waals surface area contributed by atoms with Gasteiger partial charge in [-0.2, -0.15) is 0 Å². The summed E-state index contributed by atoms with van der Waals surface area (Å²) < 4.78 is 0. The van der Waals surface area contributed by atoms with Crippen LogP contribution in [0, 0.1) is 0 Å². The Morgan fingerprint density at radius 2 is 1.84 bits per heavy atom. The number of amides is 1. The van der Waals surface area contributed by atoms with Crippen LogP contribution in [0.4, 0.5) is 0 Å². The Kier molecular flexibility index (Phi) is 9.75. The highest BCUT2D eigenvalue weighted by molar-refractivity contribution is 5.85. The molecule has 0 saturated carbocycles. The Morgan fingerprint density at radius 1 is 1.16 bits per heavy atom. The van der Waals surface area contributed by atoms with Crippen molar-refractivity contribution in [3.63, 3.8) is 0 Å². The second kappa shape index (κ2) is 11.0. The number of likely N-dealkylation sites (N-methyl/N-ethyl adjacent to an activating group) is 1. The van der Waals surface area contributed by atoms with Crippen molar-refractivity contribution < 1.29 is 4.79 Å². The van der Waals surface area contributed by atoms with Crippen LogP contribution in [-0.4, -0.2) is 68.1 Å². The van der Waals surface area contributed by atoms with E-state index >= 15 is 0 Å². The molecular weight excluding hydrogens is 359 g/mol. The second-order valence-corrected chi connectivity index (χ2v) is 6.70. The summed E-state index contributed by atoms with van der Waals surface area (Å²) >= 11 is 0. The maximum atomic E-state index is 13.0. The van der Waals surface area contributed by atoms with Crippen LogP contribution >= 0.6 is 24.8 Å². The van der Waals surface area contributed by atoms with E-state index < -0.39 is 0 Å². The first kappa shape index (κ1) is 22.2. The van der Waals surface area contributed by atoms with Crippen molar-refractivity contribution in [1.82, 2.24) is 20.4 Å². The largest absolute Gasteiger partial charge is 0.350 e. The van der Waals surface area contributed by atoms with Crippen LogP contribution in [-0.2, 0) is 4.79 Å². The molecule has 1 aromatic rings. The molecule has 0 spiro atoms. The predicted octanol–water partition coefficient (Wildman–Crippen LogP) is 1.69. The number of halogens is 2. The Labute approximate surface area is 163 Å². The Morgan fingerprint density at radius 3 is 2.44 bits per heavy atom. The molecule has 0 aromatic heterocycles. The van der Waals surface area contributed by atoms with Crippen molar-refractivity contribution in [3.05, 3.63) is 35.9 Å². The molecule has 2 unspecified atom stereocenters. The minimum absolute atomic E-state index is 0. The van der Waals surface area contributed by atoms with Crippen LogP contribution in [0.3, 0.4) is 0 Å². The van der Waals surface area contributed by atoms with Crippen LogP contribution in [0.25, 0.3) is 0 Å². The maximum absolute atomic E-state index is 13.0. The van der Waals surface area contributed by atoms with Crippen molar-refractivity contribution in [3.8, 4) is 0 Å². The fourth-order valence-corrected chi connectivity index (χ4v) is 3.50. The average molecular weight is 389 g/mol. The van der Waals surface area contributed by atoms with Gasteiger partial charge in [0, 0.05) is 38.8 Å². The van der Waals surface area contributed by atoms with Gasteiger partial charge in [0.1, 0.15) is 6.04 Å². The molecule has 2 N–H and O–H groups in total. The molecule has 5 nitrogen and oxygen atoms in total. The monoisotopic (exact) mass is 388 g/mol. The van der Waals surface area contributed by atoms with Gasteiger partial charge in [0.25, 0.3) is 0 Å². The minimum Gasteiger partial charge on any atom is -0.350 e. The fraction of sp³-hybridized carbons (Fsp3) is 0.611. The first-order valence-electron chi connectivity index (χ1n) is 8.72. The normalized spacial score (nSPS) is 23.0. The maximum Gasteiger partial charge on any atom is 0.242 e. The molecule has 2 aliphatic rings. The van der Waals surface area contributed by atoms with Gasteiger partial charge in [-0.15, -0.1) is 24.8 Å². The second-order valence-electron chi connectivity index (χ2n) is 6.70. The van der Waals surface area contributed by atoms with Crippen LogP contribution in [0.15, 0.2) is 30.3 Å². The van der Waals surface area contributed by atoms with Crippen LogP contribution in [0.1, 0.15) is 24.4 Å². The molecule has 0 bridgehead atoms. The number of nitrogens with one attached hydrogen (secondary N) is 2. The number of nitrogens with zero attached hydrogens (tertiary/aromatic N) is 2. The first-order valence-corrected chi connectivity index (χ1v) is 8.72. The fourth-order valence-electron chi connectivity index (χ4n) is 3.50. The zero-order valence-corrected chi connectivity index (χ0v) is 16.5. The number of hydrogen-bond acceptors (Lipinski definition) is 4. The third kappa shape index (κ3) is 6.12. The van der Waals surface area contributed by atoms with E-state index in [9.17, 15) is 4.79 Å². The van der Waals surface area contributed by atoms with Crippen molar-refractivity contribution in [2.75, 3.05) is 46.3 Å². The first-order chi connectivity index (χ1) is 11.2. The zero-order chi connectivity index (χ0) is 16.1. The van der Waals surface area contributed by atoms with Gasteiger partial charge in [0.2, 0.25) is 5.91 Å². The van der Waals surface area contributed by atoms with Gasteiger partial charge in [-0.05, 0) is 32.0 Å². The molecule has 7 heteroatoms. The smallest absolute Gasteiger partial charge is 0.242 e. The summed E-state index contributed by atoms with van der Waals surface area (Å²) in [6, 6.07) is 10.3. The molecule has 142 valence electrons. The number of carbonyl (C=O) groups is 1. The summed E-state index contributed by atoms with van der Waals surface area (Å²) in [5.74, 6) is 0.148. The lowest BCUT2D eigenvalue weighted by molar-refractivity contribution is -0.128. The highest BCUT2D eigenvalue weighted by atomic mass is 35.5. The van der Waals surface area contributed by atoms with E-state index in [-0.39, 0.29) is 42.8 Å². The van der Waals surface area contributed by atoms with Crippen molar-refractivity contribution in [2.24, 2.45) is 0 Å². The average Bonchev–Trinajstić information content (AvgIpc) is 2.59. The molecule has 25 heavy (non-hydrogen) atoms. The number of benzene rings is 1. The predicted molar refractivity (Wildman–Crippen MR) is 107 cm³/mol. The SMILES string of the molecule is CN1CCN(C(C(=O)NC2CCCNC2)c2ccccc2)CC1.Cl.Cl. The lowest BCUT2D eigenvalue weighted by Crippen LogP contribution is -2.53. The number of hydrogen-bond donors (Lipinski definition) is 2. The quantitative estimate of drug-likeness (QED) is 0.823. The van der Waals surface area contributed by atoms with Crippen LogP contribution < -0.4 is 10.6 Å². The van der Waals surface area contributed by atoms with Gasteiger partial charge in [-0.1, -0.05) is 30.3 Å². The summed E-state index contributed by atoms with van der Waals surface area (Å²) in [5, 5.41) is 6.64. The summed E-state index contributed by atoms with van der Waals surface area (Å²) in [6.45, 7) is 5.85. The number of carbonyl (C=O) groups excluding carboxylic acids is 1. The molecule has 0 aliphatic carbocycles. The molecule has 0 radical (unpaired) electrons. The molecule has 2 heterocycles. The topological polar surface area (TPSA) is 47.6 Å². The lowest BCUT2D eigenvalue weighted by Gasteiger charge is -2.38. The standard InChI is InChI=1S/C18H28N4O.2ClH/c1-21-10-12-22(13-11-21)17(15-6-3-2-4-7-15)18(23)20-16-8-5-9-19-14-16;;/h2-4,6-7,16-17,19H,5,8-14H2,1H3,(H,20,23);2*1H.